The van der Waals surface area contributed by atoms with Crippen LogP contribution in [0.25, 0.3) is 10.6 Å². The average Bonchev–Trinajstić information content (AvgIpc) is 2.94. The number of halogens is 2. The predicted molar refractivity (Wildman–Crippen MR) is 100 cm³/mol. The number of hydrogen-bond donors (Lipinski definition) is 1. The number of hydrogen-bond acceptors (Lipinski definition) is 4. The van der Waals surface area contributed by atoms with Gasteiger partial charge in [0.2, 0.25) is 0 Å². The molecule has 1 atom stereocenters. The maximum Gasteiger partial charge on any atom is 0.254 e. The Bertz CT molecular complexity index is 662. The highest BCUT2D eigenvalue weighted by Crippen LogP contribution is 2.25. The summed E-state index contributed by atoms with van der Waals surface area (Å²) in [5.74, 6) is 0.110. The van der Waals surface area contributed by atoms with Crippen LogP contribution in [-0.4, -0.2) is 41.5 Å². The van der Waals surface area contributed by atoms with Crippen molar-refractivity contribution >= 4 is 42.1 Å². The van der Waals surface area contributed by atoms with Gasteiger partial charge in [-0.3, -0.25) is 4.79 Å². The fourth-order valence-corrected chi connectivity index (χ4v) is 3.38. The van der Waals surface area contributed by atoms with Crippen LogP contribution >= 0.6 is 36.2 Å². The molecule has 1 aliphatic rings. The Morgan fingerprint density at radius 3 is 2.83 bits per heavy atom. The van der Waals surface area contributed by atoms with Gasteiger partial charge < -0.3 is 10.2 Å². The topological polar surface area (TPSA) is 45.2 Å². The Morgan fingerprint density at radius 1 is 1.39 bits per heavy atom. The molecule has 2 heterocycles. The number of piperazine rings is 1. The summed E-state index contributed by atoms with van der Waals surface area (Å²) in [5.41, 5.74) is 2.78. The van der Waals surface area contributed by atoms with Crippen molar-refractivity contribution in [2.45, 2.75) is 19.9 Å². The minimum absolute atomic E-state index is 0. The second kappa shape index (κ2) is 8.64. The van der Waals surface area contributed by atoms with Crippen molar-refractivity contribution in [3.05, 3.63) is 40.9 Å². The summed E-state index contributed by atoms with van der Waals surface area (Å²) in [5, 5.41) is 6.31. The van der Waals surface area contributed by atoms with Gasteiger partial charge in [-0.1, -0.05) is 12.1 Å². The molecule has 7 heteroatoms. The third-order valence-electron chi connectivity index (χ3n) is 3.74. The van der Waals surface area contributed by atoms with Crippen LogP contribution in [-0.2, 0) is 0 Å². The number of thiazole rings is 1. The second-order valence-electron chi connectivity index (χ2n) is 5.43. The Morgan fingerprint density at radius 2 is 2.17 bits per heavy atom. The number of benzene rings is 1. The zero-order valence-electron chi connectivity index (χ0n) is 13.1. The van der Waals surface area contributed by atoms with E-state index < -0.39 is 0 Å². The van der Waals surface area contributed by atoms with Crippen molar-refractivity contribution in [3.8, 4) is 10.6 Å². The van der Waals surface area contributed by atoms with E-state index in [9.17, 15) is 4.79 Å². The Balaban J connectivity index is 0.00000132. The van der Waals surface area contributed by atoms with E-state index in [2.05, 4.69) is 17.2 Å². The van der Waals surface area contributed by atoms with E-state index in [0.29, 0.717) is 0 Å². The second-order valence-corrected chi connectivity index (χ2v) is 6.28. The molecule has 126 valence electrons. The predicted octanol–water partition coefficient (Wildman–Crippen LogP) is 3.40. The molecule has 1 saturated heterocycles. The maximum atomic E-state index is 12.7. The van der Waals surface area contributed by atoms with Crippen LogP contribution < -0.4 is 5.32 Å². The van der Waals surface area contributed by atoms with Crippen molar-refractivity contribution < 1.29 is 4.79 Å². The first kappa shape index (κ1) is 19.9. The summed E-state index contributed by atoms with van der Waals surface area (Å²) in [7, 11) is 0. The Kier molecular flexibility index (Phi) is 7.48. The number of carbonyl (C=O) groups is 1. The first-order chi connectivity index (χ1) is 10.1. The molecule has 4 nitrogen and oxygen atoms in total. The highest BCUT2D eigenvalue weighted by Gasteiger charge is 2.24. The van der Waals surface area contributed by atoms with E-state index >= 15 is 0 Å². The molecule has 3 rings (SSSR count). The van der Waals surface area contributed by atoms with Crippen LogP contribution in [0.15, 0.2) is 29.6 Å². The number of carbonyl (C=O) groups excluding carboxylic acids is 1. The number of amides is 1. The Hall–Kier alpha value is -1.14. The summed E-state index contributed by atoms with van der Waals surface area (Å²) >= 11 is 1.61. The van der Waals surface area contributed by atoms with Crippen molar-refractivity contribution in [1.82, 2.24) is 15.2 Å². The van der Waals surface area contributed by atoms with E-state index in [1.165, 1.54) is 0 Å². The van der Waals surface area contributed by atoms with Crippen LogP contribution in [0.4, 0.5) is 0 Å². The van der Waals surface area contributed by atoms with Crippen molar-refractivity contribution in [2.24, 2.45) is 0 Å². The van der Waals surface area contributed by atoms with Crippen molar-refractivity contribution in [3.63, 3.8) is 0 Å². The maximum absolute atomic E-state index is 12.7. The van der Waals surface area contributed by atoms with Gasteiger partial charge in [0.1, 0.15) is 5.01 Å². The summed E-state index contributed by atoms with van der Waals surface area (Å²) in [6.45, 7) is 6.55. The lowest BCUT2D eigenvalue weighted by Gasteiger charge is -2.34. The highest BCUT2D eigenvalue weighted by molar-refractivity contribution is 7.13. The number of rotatable bonds is 2. The van der Waals surface area contributed by atoms with Gasteiger partial charge in [-0.05, 0) is 26.0 Å². The molecule has 1 aliphatic heterocycles. The third kappa shape index (κ3) is 4.44. The molecule has 0 saturated carbocycles. The standard InChI is InChI=1S/C16H19N3OS.2ClH/c1-11-10-21-15(18-11)13-4-3-5-14(8-13)16(20)19-7-6-17-9-12(19)2;;/h3-5,8,10,12,17H,6-7,9H2,1-2H3;2*1H/t12-;;/m1../s1. The van der Waals surface area contributed by atoms with Crippen LogP contribution in [0.5, 0.6) is 0 Å². The zero-order chi connectivity index (χ0) is 14.8. The third-order valence-corrected chi connectivity index (χ3v) is 4.75. The average molecular weight is 374 g/mol. The monoisotopic (exact) mass is 373 g/mol. The van der Waals surface area contributed by atoms with E-state index in [-0.39, 0.29) is 36.8 Å². The smallest absolute Gasteiger partial charge is 0.254 e. The van der Waals surface area contributed by atoms with Gasteiger partial charge in [0, 0.05) is 47.9 Å². The minimum atomic E-state index is 0. The fraction of sp³-hybridized carbons (Fsp3) is 0.375. The van der Waals surface area contributed by atoms with Gasteiger partial charge in [0.25, 0.3) is 5.91 Å². The molecule has 1 aromatic heterocycles. The van der Waals surface area contributed by atoms with E-state index in [1.54, 1.807) is 11.3 Å². The molecule has 0 aliphatic carbocycles. The van der Waals surface area contributed by atoms with Crippen molar-refractivity contribution in [1.29, 1.82) is 0 Å². The first-order valence-corrected chi connectivity index (χ1v) is 8.07. The van der Waals surface area contributed by atoms with Gasteiger partial charge in [-0.25, -0.2) is 4.98 Å². The van der Waals surface area contributed by atoms with Gasteiger partial charge in [0.15, 0.2) is 0 Å². The molecule has 1 fully saturated rings. The van der Waals surface area contributed by atoms with Gasteiger partial charge in [-0.15, -0.1) is 36.2 Å². The largest absolute Gasteiger partial charge is 0.333 e. The SMILES string of the molecule is Cc1csc(-c2cccc(C(=O)N3CCNC[C@H]3C)c2)n1.Cl.Cl. The Labute approximate surface area is 153 Å². The summed E-state index contributed by atoms with van der Waals surface area (Å²) in [6, 6.07) is 8.02. The fourth-order valence-electron chi connectivity index (χ4n) is 2.58. The van der Waals surface area contributed by atoms with E-state index in [0.717, 1.165) is 41.5 Å². The summed E-state index contributed by atoms with van der Waals surface area (Å²) in [4.78, 5) is 19.1. The number of nitrogens with zero attached hydrogens (tertiary/aromatic N) is 2. The molecule has 0 unspecified atom stereocenters. The molecule has 1 aromatic carbocycles. The lowest BCUT2D eigenvalue weighted by molar-refractivity contribution is 0.0656. The zero-order valence-corrected chi connectivity index (χ0v) is 15.6. The molecule has 23 heavy (non-hydrogen) atoms. The summed E-state index contributed by atoms with van der Waals surface area (Å²) in [6.07, 6.45) is 0. The number of nitrogens with one attached hydrogen (secondary N) is 1. The lowest BCUT2D eigenvalue weighted by atomic mass is 10.1. The quantitative estimate of drug-likeness (QED) is 0.877. The van der Waals surface area contributed by atoms with Gasteiger partial charge >= 0.3 is 0 Å². The molecule has 1 N–H and O–H groups in total. The minimum Gasteiger partial charge on any atom is -0.333 e. The molecule has 0 bridgehead atoms. The molecular formula is C16H21Cl2N3OS. The van der Waals surface area contributed by atoms with E-state index in [4.69, 9.17) is 0 Å². The number of aryl methyl sites for hydroxylation is 1. The molecule has 0 radical (unpaired) electrons. The first-order valence-electron chi connectivity index (χ1n) is 7.19. The van der Waals surface area contributed by atoms with Crippen LogP contribution in [0.3, 0.4) is 0 Å². The normalized spacial score (nSPS) is 17.1. The molecule has 1 amide bonds. The molecule has 0 spiro atoms. The van der Waals surface area contributed by atoms with E-state index in [1.807, 2.05) is 41.5 Å². The van der Waals surface area contributed by atoms with Gasteiger partial charge in [-0.2, -0.15) is 0 Å². The van der Waals surface area contributed by atoms with Gasteiger partial charge in [0.05, 0.1) is 0 Å². The molecule has 2 aromatic rings. The molecular weight excluding hydrogens is 353 g/mol. The number of aromatic nitrogens is 1. The lowest BCUT2D eigenvalue weighted by Crippen LogP contribution is -2.52. The van der Waals surface area contributed by atoms with Crippen LogP contribution in [0, 0.1) is 6.92 Å². The van der Waals surface area contributed by atoms with Crippen LogP contribution in [0.2, 0.25) is 0 Å². The highest BCUT2D eigenvalue weighted by atomic mass is 35.5. The van der Waals surface area contributed by atoms with Crippen molar-refractivity contribution in [2.75, 3.05) is 19.6 Å². The van der Waals surface area contributed by atoms with Crippen LogP contribution in [0.1, 0.15) is 23.0 Å². The summed E-state index contributed by atoms with van der Waals surface area (Å²) < 4.78 is 0.